The van der Waals surface area contributed by atoms with Gasteiger partial charge in [0.25, 0.3) is 0 Å². The minimum Gasteiger partial charge on any atom is -0.489 e. The predicted molar refractivity (Wildman–Crippen MR) is 105 cm³/mol. The normalized spacial score (nSPS) is 10.2. The molecule has 0 aliphatic carbocycles. The van der Waals surface area contributed by atoms with Gasteiger partial charge in [0, 0.05) is 30.7 Å². The van der Waals surface area contributed by atoms with Gasteiger partial charge in [0.15, 0.2) is 0 Å². The molecule has 6 nitrogen and oxygen atoms in total. The highest BCUT2D eigenvalue weighted by atomic mass is 35.5. The number of nitrogens with one attached hydrogen (secondary N) is 1. The summed E-state index contributed by atoms with van der Waals surface area (Å²) >= 11 is 5.87. The van der Waals surface area contributed by atoms with Gasteiger partial charge >= 0.3 is 6.09 Å². The number of alkyl carbamates (subject to hydrolysis) is 1. The van der Waals surface area contributed by atoms with Crippen LogP contribution in [-0.4, -0.2) is 31.7 Å². The number of hydrogen-bond acceptors (Lipinski definition) is 4. The number of benzene rings is 2. The first-order valence-corrected chi connectivity index (χ1v) is 9.03. The Kier molecular flexibility index (Phi) is 7.95. The lowest BCUT2D eigenvalue weighted by molar-refractivity contribution is -0.116. The summed E-state index contributed by atoms with van der Waals surface area (Å²) < 4.78 is 10.5. The number of hydrogen-bond donors (Lipinski definition) is 1. The molecule has 2 aromatic carbocycles. The van der Waals surface area contributed by atoms with Gasteiger partial charge in [0.2, 0.25) is 5.91 Å². The van der Waals surface area contributed by atoms with E-state index in [1.54, 1.807) is 24.0 Å². The second-order valence-corrected chi connectivity index (χ2v) is 6.16. The van der Waals surface area contributed by atoms with Crippen LogP contribution in [0.1, 0.15) is 19.4 Å². The van der Waals surface area contributed by atoms with E-state index in [9.17, 15) is 9.59 Å². The van der Waals surface area contributed by atoms with Gasteiger partial charge in [-0.1, -0.05) is 23.7 Å². The van der Waals surface area contributed by atoms with Crippen LogP contribution in [0, 0.1) is 0 Å². The zero-order valence-electron chi connectivity index (χ0n) is 15.4. The van der Waals surface area contributed by atoms with E-state index >= 15 is 0 Å². The lowest BCUT2D eigenvalue weighted by Crippen LogP contribution is -2.37. The average Bonchev–Trinajstić information content (AvgIpc) is 2.65. The van der Waals surface area contributed by atoms with Crippen LogP contribution in [0.15, 0.2) is 48.5 Å². The molecule has 0 unspecified atom stereocenters. The highest BCUT2D eigenvalue weighted by molar-refractivity contribution is 6.30. The maximum Gasteiger partial charge on any atom is 0.407 e. The van der Waals surface area contributed by atoms with E-state index in [1.165, 1.54) is 6.92 Å². The van der Waals surface area contributed by atoms with E-state index in [4.69, 9.17) is 21.1 Å². The molecule has 0 spiro atoms. The van der Waals surface area contributed by atoms with Crippen molar-refractivity contribution in [1.82, 2.24) is 5.32 Å². The number of carbonyl (C=O) groups is 2. The van der Waals surface area contributed by atoms with E-state index < -0.39 is 6.09 Å². The lowest BCUT2D eigenvalue weighted by Gasteiger charge is -2.21. The fourth-order valence-electron chi connectivity index (χ4n) is 2.39. The number of anilines is 1. The van der Waals surface area contributed by atoms with Crippen LogP contribution < -0.4 is 15.0 Å². The molecule has 0 radical (unpaired) electrons. The van der Waals surface area contributed by atoms with Crippen molar-refractivity contribution < 1.29 is 19.1 Å². The molecule has 7 heteroatoms. The van der Waals surface area contributed by atoms with Gasteiger partial charge in [-0.05, 0) is 48.9 Å². The lowest BCUT2D eigenvalue weighted by atomic mass is 10.2. The first-order valence-electron chi connectivity index (χ1n) is 8.65. The van der Waals surface area contributed by atoms with E-state index in [2.05, 4.69) is 5.32 Å². The number of carbonyl (C=O) groups excluding carboxylic acids is 2. The Hall–Kier alpha value is -2.73. The Labute approximate surface area is 164 Å². The first kappa shape index (κ1) is 20.6. The number of amides is 2. The molecule has 0 saturated heterocycles. The number of nitrogens with zero attached hydrogens (tertiary/aromatic N) is 1. The standard InChI is InChI=1S/C20H23ClN2O4/c1-3-26-20(25)22-12-13-23(15(2)24)18-8-10-19(11-9-18)27-14-16-4-6-17(21)7-5-16/h4-11H,3,12-14H2,1-2H3,(H,22,25). The Bertz CT molecular complexity index is 748. The quantitative estimate of drug-likeness (QED) is 0.739. The molecule has 0 aliphatic heterocycles. The second kappa shape index (κ2) is 10.4. The van der Waals surface area contributed by atoms with Gasteiger partial charge in [0.05, 0.1) is 6.61 Å². The molecule has 1 N–H and O–H groups in total. The minimum absolute atomic E-state index is 0.115. The van der Waals surface area contributed by atoms with Crippen molar-refractivity contribution in [3.05, 3.63) is 59.1 Å². The minimum atomic E-state index is -0.494. The highest BCUT2D eigenvalue weighted by Gasteiger charge is 2.12. The molecule has 0 saturated carbocycles. The summed E-state index contributed by atoms with van der Waals surface area (Å²) in [5.41, 5.74) is 1.74. The molecule has 27 heavy (non-hydrogen) atoms. The topological polar surface area (TPSA) is 67.9 Å². The monoisotopic (exact) mass is 390 g/mol. The molecular formula is C20H23ClN2O4. The van der Waals surface area contributed by atoms with Gasteiger partial charge in [-0.3, -0.25) is 4.79 Å². The third-order valence-electron chi connectivity index (χ3n) is 3.73. The molecule has 0 fully saturated rings. The van der Waals surface area contributed by atoms with Crippen LogP contribution in [-0.2, 0) is 16.1 Å². The van der Waals surface area contributed by atoms with E-state index in [0.29, 0.717) is 37.1 Å². The third kappa shape index (κ3) is 6.83. The fourth-order valence-corrected chi connectivity index (χ4v) is 2.52. The Morgan fingerprint density at radius 3 is 2.33 bits per heavy atom. The van der Waals surface area contributed by atoms with Gasteiger partial charge in [-0.25, -0.2) is 4.79 Å². The molecule has 0 aromatic heterocycles. The zero-order chi connectivity index (χ0) is 19.6. The predicted octanol–water partition coefficient (Wildman–Crippen LogP) is 4.02. The van der Waals surface area contributed by atoms with Gasteiger partial charge in [-0.15, -0.1) is 0 Å². The first-order chi connectivity index (χ1) is 13.0. The van der Waals surface area contributed by atoms with Crippen LogP contribution in [0.5, 0.6) is 5.75 Å². The Balaban J connectivity index is 1.90. The number of rotatable bonds is 8. The summed E-state index contributed by atoms with van der Waals surface area (Å²) in [4.78, 5) is 24.8. The molecule has 0 heterocycles. The molecule has 2 aromatic rings. The summed E-state index contributed by atoms with van der Waals surface area (Å²) in [5.74, 6) is 0.581. The van der Waals surface area contributed by atoms with Gasteiger partial charge in [-0.2, -0.15) is 0 Å². The van der Waals surface area contributed by atoms with Gasteiger partial charge in [0.1, 0.15) is 12.4 Å². The molecular weight excluding hydrogens is 368 g/mol. The molecule has 0 bridgehead atoms. The smallest absolute Gasteiger partial charge is 0.407 e. The summed E-state index contributed by atoms with van der Waals surface area (Å²) in [7, 11) is 0. The van der Waals surface area contributed by atoms with Crippen molar-refractivity contribution in [2.24, 2.45) is 0 Å². The number of halogens is 1. The van der Waals surface area contributed by atoms with Crippen LogP contribution >= 0.6 is 11.6 Å². The average molecular weight is 391 g/mol. The molecule has 2 rings (SSSR count). The SMILES string of the molecule is CCOC(=O)NCCN(C(C)=O)c1ccc(OCc2ccc(Cl)cc2)cc1. The molecule has 2 amide bonds. The molecule has 0 aliphatic rings. The van der Waals surface area contributed by atoms with Crippen molar-refractivity contribution in [3.63, 3.8) is 0 Å². The van der Waals surface area contributed by atoms with Crippen molar-refractivity contribution in [3.8, 4) is 5.75 Å². The summed E-state index contributed by atoms with van der Waals surface area (Å²) in [5, 5.41) is 3.29. The van der Waals surface area contributed by atoms with Crippen LogP contribution in [0.4, 0.5) is 10.5 Å². The molecule has 0 atom stereocenters. The summed E-state index contributed by atoms with van der Waals surface area (Å²) in [6.45, 7) is 4.59. The maximum absolute atomic E-state index is 11.9. The maximum atomic E-state index is 11.9. The fraction of sp³-hybridized carbons (Fsp3) is 0.300. The van der Waals surface area contributed by atoms with Crippen LogP contribution in [0.2, 0.25) is 5.02 Å². The largest absolute Gasteiger partial charge is 0.489 e. The van der Waals surface area contributed by atoms with Crippen molar-refractivity contribution in [1.29, 1.82) is 0 Å². The van der Waals surface area contributed by atoms with Crippen molar-refractivity contribution in [2.45, 2.75) is 20.5 Å². The third-order valence-corrected chi connectivity index (χ3v) is 3.98. The summed E-state index contributed by atoms with van der Waals surface area (Å²) in [6, 6.07) is 14.7. The number of ether oxygens (including phenoxy) is 2. The second-order valence-electron chi connectivity index (χ2n) is 5.73. The van der Waals surface area contributed by atoms with E-state index in [-0.39, 0.29) is 5.91 Å². The highest BCUT2D eigenvalue weighted by Crippen LogP contribution is 2.21. The Morgan fingerprint density at radius 1 is 1.07 bits per heavy atom. The molecule has 144 valence electrons. The van der Waals surface area contributed by atoms with Crippen molar-refractivity contribution in [2.75, 3.05) is 24.6 Å². The zero-order valence-corrected chi connectivity index (χ0v) is 16.2. The summed E-state index contributed by atoms with van der Waals surface area (Å²) in [6.07, 6.45) is -0.494. The van der Waals surface area contributed by atoms with Gasteiger partial charge < -0.3 is 19.7 Å². The van der Waals surface area contributed by atoms with Crippen LogP contribution in [0.3, 0.4) is 0 Å². The van der Waals surface area contributed by atoms with Crippen LogP contribution in [0.25, 0.3) is 0 Å². The van der Waals surface area contributed by atoms with E-state index in [0.717, 1.165) is 11.3 Å². The van der Waals surface area contributed by atoms with E-state index in [1.807, 2.05) is 36.4 Å². The Morgan fingerprint density at radius 2 is 1.74 bits per heavy atom. The van der Waals surface area contributed by atoms with Crippen molar-refractivity contribution >= 4 is 29.3 Å².